The molecule has 0 atom stereocenters. The number of nitrogens with zero attached hydrogens (tertiary/aromatic N) is 1. The number of hydrogen-bond donors (Lipinski definition) is 1. The Morgan fingerprint density at radius 2 is 1.96 bits per heavy atom. The highest BCUT2D eigenvalue weighted by molar-refractivity contribution is 7.92. The van der Waals surface area contributed by atoms with Gasteiger partial charge in [0.2, 0.25) is 15.9 Å². The highest BCUT2D eigenvalue weighted by Gasteiger charge is 2.26. The van der Waals surface area contributed by atoms with E-state index in [-0.39, 0.29) is 42.8 Å². The van der Waals surface area contributed by atoms with Crippen LogP contribution >= 0.6 is 0 Å². The first-order chi connectivity index (χ1) is 11.3. The first-order valence-electron chi connectivity index (χ1n) is 7.86. The van der Waals surface area contributed by atoms with Crippen molar-refractivity contribution in [3.05, 3.63) is 29.8 Å². The molecule has 1 amide bonds. The van der Waals surface area contributed by atoms with E-state index in [1.54, 1.807) is 19.1 Å². The zero-order chi connectivity index (χ0) is 17.7. The zero-order valence-electron chi connectivity index (χ0n) is 13.8. The smallest absolute Gasteiger partial charge is 0.340 e. The van der Waals surface area contributed by atoms with E-state index in [0.29, 0.717) is 0 Å². The van der Waals surface area contributed by atoms with Crippen LogP contribution in [0.15, 0.2) is 24.3 Å². The van der Waals surface area contributed by atoms with E-state index in [1.165, 1.54) is 12.1 Å². The van der Waals surface area contributed by atoms with Crippen LogP contribution in [0.5, 0.6) is 0 Å². The Kier molecular flexibility index (Phi) is 5.82. The number of esters is 1. The Balaban J connectivity index is 2.21. The molecular weight excluding hydrogens is 332 g/mol. The number of hydrogen-bond acceptors (Lipinski definition) is 5. The number of ether oxygens (including phenoxy) is 1. The molecule has 1 saturated carbocycles. The number of benzene rings is 1. The maximum atomic E-state index is 12.2. The summed E-state index contributed by atoms with van der Waals surface area (Å²) in [5.41, 5.74) is 0.380. The minimum absolute atomic E-state index is 0.0285. The molecule has 0 spiro atoms. The molecule has 1 aromatic carbocycles. The molecule has 132 valence electrons. The average molecular weight is 354 g/mol. The van der Waals surface area contributed by atoms with Crippen molar-refractivity contribution in [2.45, 2.75) is 32.2 Å². The summed E-state index contributed by atoms with van der Waals surface area (Å²) in [4.78, 5) is 23.9. The highest BCUT2D eigenvalue weighted by Crippen LogP contribution is 2.24. The molecule has 8 heteroatoms. The van der Waals surface area contributed by atoms with Gasteiger partial charge in [0.1, 0.15) is 0 Å². The van der Waals surface area contributed by atoms with Crippen molar-refractivity contribution in [1.29, 1.82) is 0 Å². The molecule has 0 aromatic heterocycles. The Bertz CT molecular complexity index is 713. The van der Waals surface area contributed by atoms with Gasteiger partial charge >= 0.3 is 5.97 Å². The first-order valence-corrected chi connectivity index (χ1v) is 9.71. The lowest BCUT2D eigenvalue weighted by molar-refractivity contribution is -0.121. The van der Waals surface area contributed by atoms with Crippen LogP contribution in [0, 0.1) is 0 Å². The van der Waals surface area contributed by atoms with Crippen LogP contribution in [-0.2, 0) is 19.6 Å². The molecule has 0 bridgehead atoms. The lowest BCUT2D eigenvalue weighted by Crippen LogP contribution is -2.36. The van der Waals surface area contributed by atoms with Crippen LogP contribution in [-0.4, -0.2) is 45.7 Å². The number of nitrogens with one attached hydrogen (secondary N) is 1. The van der Waals surface area contributed by atoms with Gasteiger partial charge in [0, 0.05) is 19.0 Å². The Hall–Kier alpha value is -2.09. The second kappa shape index (κ2) is 7.65. The van der Waals surface area contributed by atoms with Crippen molar-refractivity contribution in [3.63, 3.8) is 0 Å². The third-order valence-electron chi connectivity index (χ3n) is 3.55. The van der Waals surface area contributed by atoms with E-state index in [4.69, 9.17) is 4.74 Å². The predicted octanol–water partition coefficient (Wildman–Crippen LogP) is 1.30. The topological polar surface area (TPSA) is 92.8 Å². The molecule has 0 unspecified atom stereocenters. The Morgan fingerprint density at radius 3 is 2.54 bits per heavy atom. The van der Waals surface area contributed by atoms with Gasteiger partial charge in [-0.25, -0.2) is 13.2 Å². The van der Waals surface area contributed by atoms with E-state index in [2.05, 4.69) is 5.32 Å². The standard InChI is InChI=1S/C16H22N2O5S/c1-3-23-16(20)13-6-4-5-7-14(13)18(24(2,21)22)11-10-15(19)17-12-8-9-12/h4-7,12H,3,8-11H2,1-2H3,(H,17,19). The maximum Gasteiger partial charge on any atom is 0.340 e. The number of amides is 1. The largest absolute Gasteiger partial charge is 0.462 e. The lowest BCUT2D eigenvalue weighted by atomic mass is 10.1. The highest BCUT2D eigenvalue weighted by atomic mass is 32.2. The molecule has 0 radical (unpaired) electrons. The molecule has 0 heterocycles. The van der Waals surface area contributed by atoms with Crippen LogP contribution in [0.25, 0.3) is 0 Å². The van der Waals surface area contributed by atoms with Gasteiger partial charge in [-0.1, -0.05) is 12.1 Å². The van der Waals surface area contributed by atoms with E-state index in [9.17, 15) is 18.0 Å². The third kappa shape index (κ3) is 4.95. The minimum atomic E-state index is -3.65. The van der Waals surface area contributed by atoms with Gasteiger partial charge in [-0.15, -0.1) is 0 Å². The zero-order valence-corrected chi connectivity index (χ0v) is 14.6. The lowest BCUT2D eigenvalue weighted by Gasteiger charge is -2.24. The van der Waals surface area contributed by atoms with Crippen LogP contribution in [0.2, 0.25) is 0 Å². The molecule has 24 heavy (non-hydrogen) atoms. The quantitative estimate of drug-likeness (QED) is 0.710. The third-order valence-corrected chi connectivity index (χ3v) is 4.73. The van der Waals surface area contributed by atoms with Gasteiger partial charge < -0.3 is 10.1 Å². The molecule has 1 N–H and O–H groups in total. The summed E-state index contributed by atoms with van der Waals surface area (Å²) in [6.07, 6.45) is 3.01. The Morgan fingerprint density at radius 1 is 1.29 bits per heavy atom. The fraction of sp³-hybridized carbons (Fsp3) is 0.500. The summed E-state index contributed by atoms with van der Waals surface area (Å²) in [5, 5.41) is 2.82. The first kappa shape index (κ1) is 18.3. The van der Waals surface area contributed by atoms with Gasteiger partial charge in [0.05, 0.1) is 24.1 Å². The molecule has 7 nitrogen and oxygen atoms in total. The number of carbonyl (C=O) groups is 2. The van der Waals surface area contributed by atoms with Crippen LogP contribution < -0.4 is 9.62 Å². The number of anilines is 1. The fourth-order valence-electron chi connectivity index (χ4n) is 2.27. The van der Waals surface area contributed by atoms with Gasteiger partial charge in [-0.2, -0.15) is 0 Å². The normalized spacial score (nSPS) is 14.1. The molecule has 2 rings (SSSR count). The number of para-hydroxylation sites is 1. The summed E-state index contributed by atoms with van der Waals surface area (Å²) in [6.45, 7) is 1.83. The van der Waals surface area contributed by atoms with Crippen molar-refractivity contribution < 1.29 is 22.7 Å². The molecule has 1 aliphatic carbocycles. The van der Waals surface area contributed by atoms with Crippen LogP contribution in [0.4, 0.5) is 5.69 Å². The molecule has 1 aliphatic rings. The van der Waals surface area contributed by atoms with Crippen molar-refractivity contribution in [2.75, 3.05) is 23.7 Å². The Labute approximate surface area is 142 Å². The molecule has 1 aromatic rings. The summed E-state index contributed by atoms with van der Waals surface area (Å²) in [6, 6.07) is 6.54. The second-order valence-electron chi connectivity index (χ2n) is 5.66. The van der Waals surface area contributed by atoms with E-state index < -0.39 is 16.0 Å². The van der Waals surface area contributed by atoms with Crippen molar-refractivity contribution in [3.8, 4) is 0 Å². The SMILES string of the molecule is CCOC(=O)c1ccccc1N(CCC(=O)NC1CC1)S(C)(=O)=O. The summed E-state index contributed by atoms with van der Waals surface area (Å²) in [7, 11) is -3.65. The van der Waals surface area contributed by atoms with Gasteiger partial charge in [0.25, 0.3) is 0 Å². The average Bonchev–Trinajstić information content (AvgIpc) is 3.30. The number of carbonyl (C=O) groups excluding carboxylic acids is 2. The van der Waals surface area contributed by atoms with Gasteiger partial charge in [-0.05, 0) is 31.9 Å². The summed E-state index contributed by atoms with van der Waals surface area (Å²) in [5.74, 6) is -0.788. The molecule has 0 aliphatic heterocycles. The van der Waals surface area contributed by atoms with E-state index >= 15 is 0 Å². The van der Waals surface area contributed by atoms with Crippen LogP contribution in [0.3, 0.4) is 0 Å². The van der Waals surface area contributed by atoms with E-state index in [1.807, 2.05) is 0 Å². The molecular formula is C16H22N2O5S. The van der Waals surface area contributed by atoms with Crippen molar-refractivity contribution in [2.24, 2.45) is 0 Å². The predicted molar refractivity (Wildman–Crippen MR) is 90.4 cm³/mol. The second-order valence-corrected chi connectivity index (χ2v) is 7.57. The van der Waals surface area contributed by atoms with Gasteiger partial charge in [-0.3, -0.25) is 9.10 Å². The van der Waals surface area contributed by atoms with Crippen LogP contribution in [0.1, 0.15) is 36.5 Å². The van der Waals surface area contributed by atoms with Crippen molar-refractivity contribution in [1.82, 2.24) is 5.32 Å². The number of sulfonamides is 1. The van der Waals surface area contributed by atoms with Crippen molar-refractivity contribution >= 4 is 27.6 Å². The minimum Gasteiger partial charge on any atom is -0.462 e. The molecule has 1 fully saturated rings. The summed E-state index contributed by atoms with van der Waals surface area (Å²) >= 11 is 0. The monoisotopic (exact) mass is 354 g/mol. The van der Waals surface area contributed by atoms with Gasteiger partial charge in [0.15, 0.2) is 0 Å². The molecule has 0 saturated heterocycles. The number of rotatable bonds is 8. The maximum absolute atomic E-state index is 12.2. The van der Waals surface area contributed by atoms with E-state index in [0.717, 1.165) is 23.4 Å². The fourth-order valence-corrected chi connectivity index (χ4v) is 3.21. The summed E-state index contributed by atoms with van der Waals surface area (Å²) < 4.78 is 30.4.